The van der Waals surface area contributed by atoms with Crippen LogP contribution >= 0.6 is 0 Å². The fourth-order valence-corrected chi connectivity index (χ4v) is 5.37. The number of urea groups is 1. The number of carbonyl (C=O) groups excluding carboxylic acids is 1. The van der Waals surface area contributed by atoms with E-state index in [-0.39, 0.29) is 23.7 Å². The summed E-state index contributed by atoms with van der Waals surface area (Å²) in [6, 6.07) is 1.30. The van der Waals surface area contributed by atoms with E-state index in [9.17, 15) is 4.79 Å². The largest absolute Gasteiger partial charge is 0.379 e. The first kappa shape index (κ1) is 18.0. The maximum Gasteiger partial charge on any atom is 0.321 e. The summed E-state index contributed by atoms with van der Waals surface area (Å²) in [6.45, 7) is 12.3. The molecule has 2 heterocycles. The first-order valence-electron chi connectivity index (χ1n) is 9.93. The maximum atomic E-state index is 13.2. The normalized spacial score (nSPS) is 37.2. The van der Waals surface area contributed by atoms with Crippen molar-refractivity contribution in [1.82, 2.24) is 15.1 Å². The monoisotopic (exact) mass is 337 g/mol. The third-order valence-corrected chi connectivity index (χ3v) is 6.32. The van der Waals surface area contributed by atoms with Gasteiger partial charge >= 0.3 is 6.03 Å². The Labute approximate surface area is 147 Å². The highest BCUT2D eigenvalue weighted by atomic mass is 16.5. The first-order chi connectivity index (χ1) is 11.5. The van der Waals surface area contributed by atoms with Gasteiger partial charge in [-0.25, -0.2) is 4.79 Å². The highest BCUT2D eigenvalue weighted by molar-refractivity contribution is 5.79. The summed E-state index contributed by atoms with van der Waals surface area (Å²) in [5.74, 6) is 0.668. The van der Waals surface area contributed by atoms with Crippen LogP contribution in [0.5, 0.6) is 0 Å². The van der Waals surface area contributed by atoms with Crippen LogP contribution in [-0.2, 0) is 4.74 Å². The molecular formula is C19H35N3O2. The molecule has 3 aliphatic rings. The number of rotatable bonds is 5. The van der Waals surface area contributed by atoms with Crippen molar-refractivity contribution in [3.63, 3.8) is 0 Å². The van der Waals surface area contributed by atoms with Crippen molar-refractivity contribution in [2.45, 2.75) is 83.5 Å². The minimum atomic E-state index is 0.0101. The molecule has 0 aromatic rings. The van der Waals surface area contributed by atoms with Crippen LogP contribution in [0.4, 0.5) is 4.79 Å². The molecular weight excluding hydrogens is 302 g/mol. The summed E-state index contributed by atoms with van der Waals surface area (Å²) >= 11 is 0. The van der Waals surface area contributed by atoms with Crippen LogP contribution in [0.2, 0.25) is 0 Å². The predicted octanol–water partition coefficient (Wildman–Crippen LogP) is 2.85. The zero-order valence-electron chi connectivity index (χ0n) is 15.9. The van der Waals surface area contributed by atoms with Crippen LogP contribution in [0.15, 0.2) is 0 Å². The van der Waals surface area contributed by atoms with Crippen LogP contribution in [0, 0.1) is 5.92 Å². The molecule has 138 valence electrons. The fraction of sp³-hybridized carbons (Fsp3) is 0.947. The number of hydrogen-bond donors (Lipinski definition) is 1. The van der Waals surface area contributed by atoms with E-state index in [1.165, 1.54) is 6.42 Å². The van der Waals surface area contributed by atoms with E-state index in [4.69, 9.17) is 4.74 Å². The van der Waals surface area contributed by atoms with E-state index in [1.54, 1.807) is 0 Å². The highest BCUT2D eigenvalue weighted by Gasteiger charge is 2.57. The molecule has 0 bridgehead atoms. The topological polar surface area (TPSA) is 44.8 Å². The first-order valence-corrected chi connectivity index (χ1v) is 9.93. The van der Waals surface area contributed by atoms with Crippen LogP contribution < -0.4 is 5.32 Å². The van der Waals surface area contributed by atoms with Gasteiger partial charge in [-0.05, 0) is 52.0 Å². The summed E-state index contributed by atoms with van der Waals surface area (Å²) in [5, 5.41) is 3.68. The van der Waals surface area contributed by atoms with E-state index < -0.39 is 0 Å². The average Bonchev–Trinajstić information content (AvgIpc) is 3.06. The van der Waals surface area contributed by atoms with Crippen LogP contribution in [0.25, 0.3) is 0 Å². The van der Waals surface area contributed by atoms with E-state index in [0.29, 0.717) is 18.6 Å². The standard InChI is InChI=1S/C19H35N3O2/c1-5-15-10-19(11-17(15)20-6-2)13-21(16-8-7-9-24-12-16)18(23)22(19)14(3)4/h14-17,20H,5-13H2,1-4H3. The van der Waals surface area contributed by atoms with Crippen molar-refractivity contribution in [3.8, 4) is 0 Å². The third kappa shape index (κ3) is 3.05. The van der Waals surface area contributed by atoms with Gasteiger partial charge < -0.3 is 19.9 Å². The van der Waals surface area contributed by atoms with Gasteiger partial charge in [-0.15, -0.1) is 0 Å². The zero-order valence-corrected chi connectivity index (χ0v) is 15.9. The molecule has 24 heavy (non-hydrogen) atoms. The smallest absolute Gasteiger partial charge is 0.321 e. The number of nitrogens with one attached hydrogen (secondary N) is 1. The summed E-state index contributed by atoms with van der Waals surface area (Å²) in [5.41, 5.74) is 0.0101. The predicted molar refractivity (Wildman–Crippen MR) is 96.1 cm³/mol. The Morgan fingerprint density at radius 2 is 2.12 bits per heavy atom. The zero-order chi connectivity index (χ0) is 17.3. The SMILES string of the molecule is CCNC1CC2(CC1CC)CN(C1CCCOC1)C(=O)N2C(C)C. The molecule has 1 N–H and O–H groups in total. The van der Waals surface area contributed by atoms with Crippen molar-refractivity contribution < 1.29 is 9.53 Å². The Morgan fingerprint density at radius 1 is 1.33 bits per heavy atom. The fourth-order valence-electron chi connectivity index (χ4n) is 5.37. The Kier molecular flexibility index (Phi) is 5.40. The Bertz CT molecular complexity index is 450. The lowest BCUT2D eigenvalue weighted by molar-refractivity contribution is 0.0351. The second-order valence-electron chi connectivity index (χ2n) is 8.21. The van der Waals surface area contributed by atoms with Gasteiger partial charge in [0.25, 0.3) is 0 Å². The lowest BCUT2D eigenvalue weighted by Crippen LogP contribution is -2.50. The van der Waals surface area contributed by atoms with Gasteiger partial charge in [-0.3, -0.25) is 0 Å². The van der Waals surface area contributed by atoms with Crippen molar-refractivity contribution in [1.29, 1.82) is 0 Å². The summed E-state index contributed by atoms with van der Waals surface area (Å²) in [6.07, 6.45) is 5.57. The highest BCUT2D eigenvalue weighted by Crippen LogP contribution is 2.46. The molecule has 1 aliphatic carbocycles. The Hall–Kier alpha value is -0.810. The maximum absolute atomic E-state index is 13.2. The van der Waals surface area contributed by atoms with Crippen molar-refractivity contribution in [2.24, 2.45) is 5.92 Å². The molecule has 4 atom stereocenters. The second-order valence-corrected chi connectivity index (χ2v) is 8.21. The third-order valence-electron chi connectivity index (χ3n) is 6.32. The van der Waals surface area contributed by atoms with Crippen molar-refractivity contribution in [3.05, 3.63) is 0 Å². The summed E-state index contributed by atoms with van der Waals surface area (Å²) in [4.78, 5) is 17.6. The molecule has 2 amide bonds. The molecule has 4 unspecified atom stereocenters. The van der Waals surface area contributed by atoms with Crippen LogP contribution in [-0.4, -0.2) is 65.8 Å². The van der Waals surface area contributed by atoms with Gasteiger partial charge in [0.1, 0.15) is 0 Å². The Balaban J connectivity index is 1.84. The second kappa shape index (κ2) is 7.20. The molecule has 1 spiro atoms. The van der Waals surface area contributed by atoms with Gasteiger partial charge in [0.15, 0.2) is 0 Å². The van der Waals surface area contributed by atoms with Gasteiger partial charge in [-0.1, -0.05) is 20.3 Å². The van der Waals surface area contributed by atoms with Gasteiger partial charge in [0.2, 0.25) is 0 Å². The summed E-state index contributed by atoms with van der Waals surface area (Å²) < 4.78 is 5.67. The van der Waals surface area contributed by atoms with Gasteiger partial charge in [0.05, 0.1) is 18.2 Å². The number of ether oxygens (including phenoxy) is 1. The Morgan fingerprint density at radius 3 is 2.71 bits per heavy atom. The van der Waals surface area contributed by atoms with Gasteiger partial charge in [0, 0.05) is 25.2 Å². The number of amides is 2. The molecule has 0 radical (unpaired) electrons. The minimum Gasteiger partial charge on any atom is -0.379 e. The van der Waals surface area contributed by atoms with E-state index in [2.05, 4.69) is 42.8 Å². The van der Waals surface area contributed by atoms with E-state index in [0.717, 1.165) is 45.4 Å². The molecule has 2 aliphatic heterocycles. The minimum absolute atomic E-state index is 0.0101. The average molecular weight is 338 g/mol. The van der Waals surface area contributed by atoms with Gasteiger partial charge in [-0.2, -0.15) is 0 Å². The molecule has 5 heteroatoms. The van der Waals surface area contributed by atoms with E-state index in [1.807, 2.05) is 0 Å². The number of hydrogen-bond acceptors (Lipinski definition) is 3. The molecule has 1 saturated carbocycles. The molecule has 0 aromatic heterocycles. The van der Waals surface area contributed by atoms with Crippen LogP contribution in [0.3, 0.4) is 0 Å². The molecule has 3 rings (SSSR count). The lowest BCUT2D eigenvalue weighted by atomic mass is 9.92. The lowest BCUT2D eigenvalue weighted by Gasteiger charge is -2.36. The van der Waals surface area contributed by atoms with Crippen molar-refractivity contribution in [2.75, 3.05) is 26.3 Å². The summed E-state index contributed by atoms with van der Waals surface area (Å²) in [7, 11) is 0. The number of carbonyl (C=O) groups is 1. The molecule has 5 nitrogen and oxygen atoms in total. The number of nitrogens with zero attached hydrogens (tertiary/aromatic N) is 2. The quantitative estimate of drug-likeness (QED) is 0.839. The molecule has 3 fully saturated rings. The van der Waals surface area contributed by atoms with Crippen LogP contribution in [0.1, 0.15) is 59.8 Å². The molecule has 0 aromatic carbocycles. The van der Waals surface area contributed by atoms with Crippen molar-refractivity contribution >= 4 is 6.03 Å². The van der Waals surface area contributed by atoms with E-state index >= 15 is 0 Å². The molecule has 2 saturated heterocycles.